The smallest absolute Gasteiger partial charge is 0.251 e. The van der Waals surface area contributed by atoms with Gasteiger partial charge in [0.15, 0.2) is 0 Å². The minimum Gasteiger partial charge on any atom is -0.492 e. The minimum absolute atomic E-state index is 0.198. The van der Waals surface area contributed by atoms with Crippen molar-refractivity contribution >= 4 is 17.5 Å². The fourth-order valence-electron chi connectivity index (χ4n) is 2.15. The van der Waals surface area contributed by atoms with E-state index in [-0.39, 0.29) is 12.1 Å². The molecule has 5 nitrogen and oxygen atoms in total. The second-order valence-electron chi connectivity index (χ2n) is 5.32. The molecule has 0 saturated carbocycles. The molecule has 7 heteroatoms. The molecule has 132 valence electrons. The Morgan fingerprint density at radius 1 is 1.08 bits per heavy atom. The Bertz CT molecular complexity index is 774. The Kier molecular flexibility index (Phi) is 6.05. The lowest BCUT2D eigenvalue weighted by Crippen LogP contribution is -2.33. The maximum Gasteiger partial charge on any atom is 0.251 e. The second-order valence-corrected chi connectivity index (χ2v) is 5.32. The normalized spacial score (nSPS) is 10.2. The lowest BCUT2D eigenvalue weighted by Gasteiger charge is -2.12. The summed E-state index contributed by atoms with van der Waals surface area (Å²) in [5.74, 6) is -2.45. The number of halogens is 2. The van der Waals surface area contributed by atoms with E-state index < -0.39 is 23.4 Å². The molecule has 2 N–H and O–H groups in total. The molecule has 2 amide bonds. The largest absolute Gasteiger partial charge is 0.492 e. The molecular formula is C18H18F2N2O3. The number of benzene rings is 2. The van der Waals surface area contributed by atoms with Crippen molar-refractivity contribution in [3.63, 3.8) is 0 Å². The number of rotatable bonds is 6. The van der Waals surface area contributed by atoms with Crippen LogP contribution in [0.4, 0.5) is 14.5 Å². The number of anilines is 1. The summed E-state index contributed by atoms with van der Waals surface area (Å²) < 4.78 is 31.7. The predicted molar refractivity (Wildman–Crippen MR) is 89.7 cm³/mol. The van der Waals surface area contributed by atoms with Crippen LogP contribution in [0, 0.1) is 18.6 Å². The zero-order chi connectivity index (χ0) is 18.4. The quantitative estimate of drug-likeness (QED) is 0.843. The lowest BCUT2D eigenvalue weighted by atomic mass is 10.2. The van der Waals surface area contributed by atoms with E-state index in [1.807, 2.05) is 19.9 Å². The second kappa shape index (κ2) is 8.23. The number of hydrogen-bond donors (Lipinski definition) is 2. The van der Waals surface area contributed by atoms with Gasteiger partial charge in [-0.3, -0.25) is 9.59 Å². The van der Waals surface area contributed by atoms with E-state index in [4.69, 9.17) is 4.74 Å². The SMILES string of the molecule is CCOc1cc(C)ccc1NC(=O)CNC(=O)c1cc(F)cc(F)c1. The Hall–Kier alpha value is -2.96. The van der Waals surface area contributed by atoms with Crippen LogP contribution in [0.2, 0.25) is 0 Å². The third-order valence-corrected chi connectivity index (χ3v) is 3.25. The van der Waals surface area contributed by atoms with Crippen LogP contribution >= 0.6 is 0 Å². The Balaban J connectivity index is 1.98. The topological polar surface area (TPSA) is 67.4 Å². The first-order chi connectivity index (χ1) is 11.9. The zero-order valence-electron chi connectivity index (χ0n) is 13.9. The molecule has 25 heavy (non-hydrogen) atoms. The van der Waals surface area contributed by atoms with Crippen LogP contribution < -0.4 is 15.4 Å². The number of amides is 2. The number of nitrogens with one attached hydrogen (secondary N) is 2. The summed E-state index contributed by atoms with van der Waals surface area (Å²) in [5.41, 5.74) is 1.25. The molecule has 0 atom stereocenters. The third kappa shape index (κ3) is 5.27. The Morgan fingerprint density at radius 3 is 2.40 bits per heavy atom. The molecule has 0 saturated heterocycles. The highest BCUT2D eigenvalue weighted by molar-refractivity contribution is 5.99. The van der Waals surface area contributed by atoms with Crippen molar-refractivity contribution in [1.29, 1.82) is 0 Å². The van der Waals surface area contributed by atoms with Crippen LogP contribution in [0.1, 0.15) is 22.8 Å². The highest BCUT2D eigenvalue weighted by atomic mass is 19.1. The number of ether oxygens (including phenoxy) is 1. The Labute approximate surface area is 144 Å². The van der Waals surface area contributed by atoms with Gasteiger partial charge in [-0.25, -0.2) is 8.78 Å². The van der Waals surface area contributed by atoms with Gasteiger partial charge in [-0.2, -0.15) is 0 Å². The average Bonchev–Trinajstić information content (AvgIpc) is 2.54. The van der Waals surface area contributed by atoms with E-state index in [1.54, 1.807) is 12.1 Å². The Morgan fingerprint density at radius 2 is 1.76 bits per heavy atom. The van der Waals surface area contributed by atoms with E-state index in [0.717, 1.165) is 17.7 Å². The van der Waals surface area contributed by atoms with Gasteiger partial charge in [0.05, 0.1) is 18.8 Å². The molecule has 0 unspecified atom stereocenters. The van der Waals surface area contributed by atoms with Crippen LogP contribution in [-0.4, -0.2) is 25.0 Å². The van der Waals surface area contributed by atoms with E-state index in [0.29, 0.717) is 24.1 Å². The van der Waals surface area contributed by atoms with Gasteiger partial charge in [0.1, 0.15) is 17.4 Å². The summed E-state index contributed by atoms with van der Waals surface area (Å²) in [7, 11) is 0. The van der Waals surface area contributed by atoms with Crippen molar-refractivity contribution in [3.8, 4) is 5.75 Å². The molecule has 2 aromatic rings. The monoisotopic (exact) mass is 348 g/mol. The number of carbonyl (C=O) groups is 2. The van der Waals surface area contributed by atoms with Crippen LogP contribution in [-0.2, 0) is 4.79 Å². The van der Waals surface area contributed by atoms with E-state index in [2.05, 4.69) is 10.6 Å². The summed E-state index contributed by atoms with van der Waals surface area (Å²) in [4.78, 5) is 23.9. The van der Waals surface area contributed by atoms with Gasteiger partial charge in [-0.15, -0.1) is 0 Å². The number of aryl methyl sites for hydroxylation is 1. The van der Waals surface area contributed by atoms with Gasteiger partial charge < -0.3 is 15.4 Å². The van der Waals surface area contributed by atoms with Crippen LogP contribution in [0.25, 0.3) is 0 Å². The first-order valence-electron chi connectivity index (χ1n) is 7.66. The minimum atomic E-state index is -0.865. The molecule has 0 fully saturated rings. The fraction of sp³-hybridized carbons (Fsp3) is 0.222. The predicted octanol–water partition coefficient (Wildman–Crippen LogP) is 3.04. The van der Waals surface area contributed by atoms with Crippen molar-refractivity contribution in [2.24, 2.45) is 0 Å². The highest BCUT2D eigenvalue weighted by Crippen LogP contribution is 2.25. The van der Waals surface area contributed by atoms with Gasteiger partial charge >= 0.3 is 0 Å². The molecule has 0 aliphatic heterocycles. The summed E-state index contributed by atoms with van der Waals surface area (Å²) in [6.07, 6.45) is 0. The molecule has 0 aliphatic carbocycles. The van der Waals surface area contributed by atoms with E-state index in [1.165, 1.54) is 0 Å². The van der Waals surface area contributed by atoms with Gasteiger partial charge in [0, 0.05) is 11.6 Å². The zero-order valence-corrected chi connectivity index (χ0v) is 13.9. The molecular weight excluding hydrogens is 330 g/mol. The van der Waals surface area contributed by atoms with Gasteiger partial charge in [0.25, 0.3) is 5.91 Å². The average molecular weight is 348 g/mol. The molecule has 0 heterocycles. The van der Waals surface area contributed by atoms with Crippen LogP contribution in [0.3, 0.4) is 0 Å². The van der Waals surface area contributed by atoms with Gasteiger partial charge in [-0.1, -0.05) is 6.07 Å². The van der Waals surface area contributed by atoms with Crippen molar-refractivity contribution in [1.82, 2.24) is 5.32 Å². The molecule has 2 aromatic carbocycles. The van der Waals surface area contributed by atoms with E-state index in [9.17, 15) is 18.4 Å². The first kappa shape index (κ1) is 18.4. The van der Waals surface area contributed by atoms with Gasteiger partial charge in [0.2, 0.25) is 5.91 Å². The fourth-order valence-corrected chi connectivity index (χ4v) is 2.15. The maximum absolute atomic E-state index is 13.1. The first-order valence-corrected chi connectivity index (χ1v) is 7.66. The molecule has 0 bridgehead atoms. The summed E-state index contributed by atoms with van der Waals surface area (Å²) >= 11 is 0. The molecule has 0 radical (unpaired) electrons. The molecule has 0 aliphatic rings. The summed E-state index contributed by atoms with van der Waals surface area (Å²) in [6, 6.07) is 7.74. The summed E-state index contributed by atoms with van der Waals surface area (Å²) in [5, 5.41) is 4.94. The standard InChI is InChI=1S/C18H18F2N2O3/c1-3-25-16-6-11(2)4-5-15(16)22-17(23)10-21-18(24)12-7-13(19)9-14(20)8-12/h4-9H,3,10H2,1-2H3,(H,21,24)(H,22,23). The maximum atomic E-state index is 13.1. The van der Waals surface area contributed by atoms with Crippen molar-refractivity contribution in [3.05, 3.63) is 59.2 Å². The molecule has 0 aromatic heterocycles. The van der Waals surface area contributed by atoms with E-state index >= 15 is 0 Å². The van der Waals surface area contributed by atoms with Gasteiger partial charge in [-0.05, 0) is 43.7 Å². The molecule has 2 rings (SSSR count). The number of carbonyl (C=O) groups excluding carboxylic acids is 2. The van der Waals surface area contributed by atoms with Crippen molar-refractivity contribution < 1.29 is 23.1 Å². The highest BCUT2D eigenvalue weighted by Gasteiger charge is 2.12. The van der Waals surface area contributed by atoms with Crippen LogP contribution in [0.15, 0.2) is 36.4 Å². The molecule has 0 spiro atoms. The number of hydrogen-bond acceptors (Lipinski definition) is 3. The third-order valence-electron chi connectivity index (χ3n) is 3.25. The lowest BCUT2D eigenvalue weighted by molar-refractivity contribution is -0.115. The van der Waals surface area contributed by atoms with Crippen molar-refractivity contribution in [2.75, 3.05) is 18.5 Å². The summed E-state index contributed by atoms with van der Waals surface area (Å²) in [6.45, 7) is 3.81. The van der Waals surface area contributed by atoms with Crippen LogP contribution in [0.5, 0.6) is 5.75 Å². The van der Waals surface area contributed by atoms with Crippen molar-refractivity contribution in [2.45, 2.75) is 13.8 Å².